The number of ketones is 1. The normalized spacial score (nSPS) is 33.0. The van der Waals surface area contributed by atoms with E-state index in [-0.39, 0.29) is 23.2 Å². The first-order valence-electron chi connectivity index (χ1n) is 10.9. The molecule has 170 valence electrons. The Hall–Kier alpha value is -1.66. The first-order chi connectivity index (χ1) is 14.5. The number of hydrogen-bond acceptors (Lipinski definition) is 5. The molecule has 0 aromatic rings. The van der Waals surface area contributed by atoms with Crippen molar-refractivity contribution in [1.29, 1.82) is 0 Å². The van der Waals surface area contributed by atoms with Gasteiger partial charge in [-0.15, -0.1) is 0 Å². The number of allylic oxidation sites excluding steroid dienone is 6. The van der Waals surface area contributed by atoms with Gasteiger partial charge in [0.2, 0.25) is 5.78 Å². The molecule has 0 saturated carbocycles. The second-order valence-electron chi connectivity index (χ2n) is 9.06. The second-order valence-corrected chi connectivity index (χ2v) is 9.44. The summed E-state index contributed by atoms with van der Waals surface area (Å²) in [6.07, 6.45) is 10.7. The van der Waals surface area contributed by atoms with Crippen molar-refractivity contribution in [1.82, 2.24) is 0 Å². The number of aliphatic hydroxyl groups excluding tert-OH is 1. The summed E-state index contributed by atoms with van der Waals surface area (Å²) in [7, 11) is 1.54. The summed E-state index contributed by atoms with van der Waals surface area (Å²) >= 11 is 6.54. The number of hydrogen-bond donors (Lipinski definition) is 1. The number of methoxy groups -OCH3 is 1. The van der Waals surface area contributed by atoms with Crippen LogP contribution in [0.3, 0.4) is 0 Å². The van der Waals surface area contributed by atoms with Crippen LogP contribution >= 0.6 is 11.6 Å². The molecule has 5 nitrogen and oxygen atoms in total. The molecule has 3 rings (SSSR count). The summed E-state index contributed by atoms with van der Waals surface area (Å²) in [6, 6.07) is 0. The standard InChI is InChI=1S/C25H33ClO5/c1-7-15(2)10-16(3)8-9-18-11-19-20(14-30-18)21-13-25(29-6,12-17(4)27)31-24(21,5)23(28)22(19)26/h8-11,14-15,17,21,27H,7,12-13H2,1-6H3/t15-,17+,21+,24+,25+/m1/s1. The molecule has 1 N–H and O–H groups in total. The minimum absolute atomic E-state index is 0.134. The molecule has 6 heteroatoms. The van der Waals surface area contributed by atoms with Gasteiger partial charge in [0, 0.05) is 37.0 Å². The van der Waals surface area contributed by atoms with Gasteiger partial charge in [-0.3, -0.25) is 4.79 Å². The van der Waals surface area contributed by atoms with Crippen LogP contribution < -0.4 is 0 Å². The maximum atomic E-state index is 13.2. The van der Waals surface area contributed by atoms with Gasteiger partial charge in [0.1, 0.15) is 11.4 Å². The predicted molar refractivity (Wildman–Crippen MR) is 121 cm³/mol. The highest BCUT2D eigenvalue weighted by molar-refractivity contribution is 6.45. The molecule has 1 fully saturated rings. The van der Waals surface area contributed by atoms with Gasteiger partial charge in [-0.1, -0.05) is 49.6 Å². The van der Waals surface area contributed by atoms with Crippen LogP contribution in [0.1, 0.15) is 53.9 Å². The van der Waals surface area contributed by atoms with Crippen molar-refractivity contribution in [3.05, 3.63) is 58.1 Å². The van der Waals surface area contributed by atoms with Gasteiger partial charge in [0.05, 0.1) is 17.4 Å². The van der Waals surface area contributed by atoms with E-state index in [0.29, 0.717) is 23.7 Å². The molecule has 2 aliphatic heterocycles. The van der Waals surface area contributed by atoms with Crippen LogP contribution in [-0.2, 0) is 19.0 Å². The van der Waals surface area contributed by atoms with Gasteiger partial charge in [0.25, 0.3) is 0 Å². The molecule has 3 aliphatic rings. The first kappa shape index (κ1) is 24.0. The Morgan fingerprint density at radius 1 is 1.45 bits per heavy atom. The van der Waals surface area contributed by atoms with E-state index in [0.717, 1.165) is 17.6 Å². The Kier molecular flexibility index (Phi) is 7.02. The van der Waals surface area contributed by atoms with Gasteiger partial charge < -0.3 is 19.3 Å². The van der Waals surface area contributed by atoms with E-state index in [2.05, 4.69) is 26.8 Å². The number of aliphatic hydroxyl groups is 1. The summed E-state index contributed by atoms with van der Waals surface area (Å²) in [5.41, 5.74) is 1.46. The largest absolute Gasteiger partial charge is 0.465 e. The number of fused-ring (bicyclic) bond motifs is 3. The summed E-state index contributed by atoms with van der Waals surface area (Å²) in [4.78, 5) is 13.2. The van der Waals surface area contributed by atoms with Crippen molar-refractivity contribution in [3.8, 4) is 0 Å². The van der Waals surface area contributed by atoms with Crippen LogP contribution in [-0.4, -0.2) is 35.5 Å². The van der Waals surface area contributed by atoms with Crippen LogP contribution in [0.15, 0.2) is 58.1 Å². The average molecular weight is 449 g/mol. The van der Waals surface area contributed by atoms with E-state index >= 15 is 0 Å². The number of rotatable bonds is 7. The van der Waals surface area contributed by atoms with E-state index in [1.807, 2.05) is 18.2 Å². The quantitative estimate of drug-likeness (QED) is 0.534. The predicted octanol–water partition coefficient (Wildman–Crippen LogP) is 5.32. The van der Waals surface area contributed by atoms with Crippen molar-refractivity contribution in [3.63, 3.8) is 0 Å². The van der Waals surface area contributed by atoms with E-state index in [9.17, 15) is 9.90 Å². The zero-order valence-electron chi connectivity index (χ0n) is 19.2. The third-order valence-corrected chi connectivity index (χ3v) is 6.82. The Morgan fingerprint density at radius 2 is 2.16 bits per heavy atom. The van der Waals surface area contributed by atoms with E-state index in [1.54, 1.807) is 20.1 Å². The van der Waals surface area contributed by atoms with Crippen molar-refractivity contribution in [2.45, 2.75) is 71.4 Å². The van der Waals surface area contributed by atoms with Crippen LogP contribution in [0.5, 0.6) is 0 Å². The van der Waals surface area contributed by atoms with Crippen molar-refractivity contribution in [2.75, 3.05) is 7.11 Å². The van der Waals surface area contributed by atoms with Crippen molar-refractivity contribution >= 4 is 17.4 Å². The molecular formula is C25H33ClO5. The van der Waals surface area contributed by atoms with Crippen LogP contribution in [0.4, 0.5) is 0 Å². The lowest BCUT2D eigenvalue weighted by atomic mass is 9.71. The molecule has 1 saturated heterocycles. The lowest BCUT2D eigenvalue weighted by Gasteiger charge is -2.37. The molecule has 0 radical (unpaired) electrons. The smallest absolute Gasteiger partial charge is 0.207 e. The van der Waals surface area contributed by atoms with E-state index in [1.165, 1.54) is 7.11 Å². The summed E-state index contributed by atoms with van der Waals surface area (Å²) in [5.74, 6) is -0.493. The molecule has 0 aromatic heterocycles. The fourth-order valence-corrected chi connectivity index (χ4v) is 4.93. The zero-order chi connectivity index (χ0) is 23.0. The maximum absolute atomic E-state index is 13.2. The first-order valence-corrected chi connectivity index (χ1v) is 11.3. The summed E-state index contributed by atoms with van der Waals surface area (Å²) in [5, 5.41) is 10.1. The third-order valence-electron chi connectivity index (χ3n) is 6.44. The lowest BCUT2D eigenvalue weighted by molar-refractivity contribution is -0.243. The molecule has 0 aromatic carbocycles. The molecule has 2 heterocycles. The fourth-order valence-electron chi connectivity index (χ4n) is 4.58. The molecular weight excluding hydrogens is 416 g/mol. The number of ether oxygens (including phenoxy) is 3. The highest BCUT2D eigenvalue weighted by Gasteiger charge is 2.62. The van der Waals surface area contributed by atoms with Gasteiger partial charge in [-0.05, 0) is 38.8 Å². The van der Waals surface area contributed by atoms with Gasteiger partial charge >= 0.3 is 0 Å². The topological polar surface area (TPSA) is 65.0 Å². The Labute approximate surface area is 190 Å². The molecule has 0 spiro atoms. The molecule has 5 atom stereocenters. The molecule has 0 bridgehead atoms. The molecule has 0 unspecified atom stereocenters. The third kappa shape index (κ3) is 4.61. The minimum atomic E-state index is -1.17. The molecule has 1 aliphatic carbocycles. The number of halogens is 1. The highest BCUT2D eigenvalue weighted by Crippen LogP contribution is 2.55. The minimum Gasteiger partial charge on any atom is -0.465 e. The lowest BCUT2D eigenvalue weighted by Crippen LogP contribution is -2.47. The Bertz CT molecular complexity index is 894. The maximum Gasteiger partial charge on any atom is 0.207 e. The van der Waals surface area contributed by atoms with E-state index < -0.39 is 17.5 Å². The zero-order valence-corrected chi connectivity index (χ0v) is 20.0. The van der Waals surface area contributed by atoms with Gasteiger partial charge in [-0.2, -0.15) is 0 Å². The number of carbonyl (C=O) groups is 1. The van der Waals surface area contributed by atoms with Crippen molar-refractivity contribution < 1.29 is 24.1 Å². The Morgan fingerprint density at radius 3 is 2.77 bits per heavy atom. The highest BCUT2D eigenvalue weighted by atomic mass is 35.5. The second kappa shape index (κ2) is 9.07. The van der Waals surface area contributed by atoms with Gasteiger partial charge in [-0.25, -0.2) is 0 Å². The van der Waals surface area contributed by atoms with Crippen molar-refractivity contribution in [2.24, 2.45) is 11.8 Å². The number of carbonyl (C=O) groups excluding carboxylic acids is 1. The SMILES string of the molecule is CC[C@@H](C)C=C(C)C=CC1=CC2=C(Cl)C(=O)[C@@]3(C)O[C@](C[C@H](C)O)(OC)C[C@H]3C2=CO1. The Balaban J connectivity index is 1.91. The number of Topliss-reactive ketones (excluding diaryl/α,β-unsaturated/α-hetero) is 1. The van der Waals surface area contributed by atoms with Crippen LogP contribution in [0.25, 0.3) is 0 Å². The monoisotopic (exact) mass is 448 g/mol. The summed E-state index contributed by atoms with van der Waals surface area (Å²) < 4.78 is 17.7. The fraction of sp³-hybridized carbons (Fsp3) is 0.560. The van der Waals surface area contributed by atoms with Crippen LogP contribution in [0.2, 0.25) is 0 Å². The van der Waals surface area contributed by atoms with Crippen LogP contribution in [0, 0.1) is 11.8 Å². The van der Waals surface area contributed by atoms with Gasteiger partial charge in [0.15, 0.2) is 5.79 Å². The molecule has 31 heavy (non-hydrogen) atoms. The summed E-state index contributed by atoms with van der Waals surface area (Å²) in [6.45, 7) is 9.81. The molecule has 0 amide bonds. The average Bonchev–Trinajstić information content (AvgIpc) is 3.03. The van der Waals surface area contributed by atoms with E-state index in [4.69, 9.17) is 25.8 Å².